The molecule has 0 spiro atoms. The first-order valence-electron chi connectivity index (χ1n) is 7.79. The maximum atomic E-state index is 12.9. The van der Waals surface area contributed by atoms with Crippen LogP contribution in [0.3, 0.4) is 0 Å². The smallest absolute Gasteiger partial charge is 0.306 e. The predicted molar refractivity (Wildman–Crippen MR) is 83.8 cm³/mol. The lowest BCUT2D eigenvalue weighted by Crippen LogP contribution is -2.45. The average Bonchev–Trinajstić information content (AvgIpc) is 2.81. The van der Waals surface area contributed by atoms with Gasteiger partial charge in [0.25, 0.3) is 0 Å². The number of ether oxygens (including phenoxy) is 1. The second-order valence-corrected chi connectivity index (χ2v) is 6.13. The highest BCUT2D eigenvalue weighted by molar-refractivity contribution is 6.06. The van der Waals surface area contributed by atoms with Gasteiger partial charge in [0.15, 0.2) is 0 Å². The summed E-state index contributed by atoms with van der Waals surface area (Å²) >= 11 is 0. The van der Waals surface area contributed by atoms with Crippen LogP contribution in [0.15, 0.2) is 24.3 Å². The van der Waals surface area contributed by atoms with Gasteiger partial charge in [0.05, 0.1) is 19.4 Å². The van der Waals surface area contributed by atoms with Crippen molar-refractivity contribution in [2.24, 2.45) is 0 Å². The Morgan fingerprint density at radius 1 is 1.27 bits per heavy atom. The van der Waals surface area contributed by atoms with Gasteiger partial charge in [-0.2, -0.15) is 0 Å². The number of fused-ring (bicyclic) bond motifs is 1. The van der Waals surface area contributed by atoms with E-state index in [1.807, 2.05) is 29.2 Å². The fourth-order valence-electron chi connectivity index (χ4n) is 3.50. The second-order valence-electron chi connectivity index (χ2n) is 6.13. The van der Waals surface area contributed by atoms with Crippen LogP contribution >= 0.6 is 0 Å². The normalized spacial score (nSPS) is 22.7. The van der Waals surface area contributed by atoms with Crippen molar-refractivity contribution in [3.8, 4) is 0 Å². The van der Waals surface area contributed by atoms with Crippen LogP contribution in [-0.4, -0.2) is 50.1 Å². The van der Waals surface area contributed by atoms with E-state index in [0.29, 0.717) is 0 Å². The molecule has 0 aromatic heterocycles. The van der Waals surface area contributed by atoms with Crippen molar-refractivity contribution in [1.82, 2.24) is 4.90 Å². The molecule has 1 fully saturated rings. The minimum atomic E-state index is -0.400. The highest BCUT2D eigenvalue weighted by atomic mass is 16.5. The predicted octanol–water partition coefficient (Wildman–Crippen LogP) is 1.77. The number of methoxy groups -OCH3 is 1. The Morgan fingerprint density at radius 3 is 2.64 bits per heavy atom. The van der Waals surface area contributed by atoms with Gasteiger partial charge in [-0.25, -0.2) is 0 Å². The Bertz CT molecular complexity index is 579. The number of carbonyl (C=O) groups is 2. The molecule has 1 amide bonds. The maximum absolute atomic E-state index is 12.9. The number of nitrogens with zero attached hydrogens (tertiary/aromatic N) is 2. The Kier molecular flexibility index (Phi) is 4.16. The van der Waals surface area contributed by atoms with Gasteiger partial charge in [-0.05, 0) is 44.6 Å². The fourth-order valence-corrected chi connectivity index (χ4v) is 3.50. The van der Waals surface area contributed by atoms with Crippen molar-refractivity contribution in [3.63, 3.8) is 0 Å². The van der Waals surface area contributed by atoms with Crippen molar-refractivity contribution in [2.45, 2.75) is 31.2 Å². The lowest BCUT2D eigenvalue weighted by molar-refractivity contribution is -0.142. The molecule has 1 saturated heterocycles. The second kappa shape index (κ2) is 6.08. The number of piperidine rings is 1. The molecule has 2 aliphatic heterocycles. The van der Waals surface area contributed by atoms with Crippen LogP contribution in [0.1, 0.15) is 30.7 Å². The van der Waals surface area contributed by atoms with Gasteiger partial charge in [0, 0.05) is 11.7 Å². The number of rotatable bonds is 3. The SMILES string of the molecule is COC(=O)CC1C(=O)N(C2CCN(C)CC2)c2ccccc21. The van der Waals surface area contributed by atoms with E-state index in [9.17, 15) is 9.59 Å². The summed E-state index contributed by atoms with van der Waals surface area (Å²) in [7, 11) is 3.47. The zero-order chi connectivity index (χ0) is 15.7. The van der Waals surface area contributed by atoms with E-state index in [0.717, 1.165) is 37.2 Å². The van der Waals surface area contributed by atoms with E-state index in [-0.39, 0.29) is 24.3 Å². The minimum absolute atomic E-state index is 0.0427. The van der Waals surface area contributed by atoms with Crippen molar-refractivity contribution in [2.75, 3.05) is 32.1 Å². The molecule has 5 nitrogen and oxygen atoms in total. The summed E-state index contributed by atoms with van der Waals surface area (Å²) in [4.78, 5) is 28.8. The number of amides is 1. The summed E-state index contributed by atoms with van der Waals surface area (Å²) in [5.41, 5.74) is 1.92. The van der Waals surface area contributed by atoms with E-state index in [1.54, 1.807) is 0 Å². The van der Waals surface area contributed by atoms with Gasteiger partial charge >= 0.3 is 5.97 Å². The van der Waals surface area contributed by atoms with Gasteiger partial charge in [0.1, 0.15) is 0 Å². The number of anilines is 1. The molecule has 2 heterocycles. The summed E-state index contributed by atoms with van der Waals surface area (Å²) in [6.45, 7) is 2.00. The molecule has 0 bridgehead atoms. The summed E-state index contributed by atoms with van der Waals surface area (Å²) in [5.74, 6) is -0.692. The quantitative estimate of drug-likeness (QED) is 0.799. The Balaban J connectivity index is 1.88. The molecule has 1 unspecified atom stereocenters. The molecule has 118 valence electrons. The molecule has 1 aromatic rings. The van der Waals surface area contributed by atoms with Gasteiger partial charge in [-0.1, -0.05) is 18.2 Å². The van der Waals surface area contributed by atoms with Crippen molar-refractivity contribution < 1.29 is 14.3 Å². The van der Waals surface area contributed by atoms with Gasteiger partial charge in [-0.15, -0.1) is 0 Å². The number of hydrogen-bond acceptors (Lipinski definition) is 4. The number of carbonyl (C=O) groups excluding carboxylic acids is 2. The molecule has 0 N–H and O–H groups in total. The molecule has 0 radical (unpaired) electrons. The molecule has 0 saturated carbocycles. The standard InChI is InChI=1S/C17H22N2O3/c1-18-9-7-12(8-10-18)19-15-6-4-3-5-13(15)14(17(19)21)11-16(20)22-2/h3-6,12,14H,7-11H2,1-2H3. The zero-order valence-electron chi connectivity index (χ0n) is 13.1. The molecule has 3 rings (SSSR count). The van der Waals surface area contributed by atoms with E-state index in [2.05, 4.69) is 11.9 Å². The average molecular weight is 302 g/mol. The van der Waals surface area contributed by atoms with Crippen LogP contribution in [0.25, 0.3) is 0 Å². The first kappa shape index (κ1) is 15.0. The number of hydrogen-bond donors (Lipinski definition) is 0. The van der Waals surface area contributed by atoms with E-state index in [1.165, 1.54) is 7.11 Å². The van der Waals surface area contributed by atoms with Gasteiger partial charge < -0.3 is 14.5 Å². The third-order valence-corrected chi connectivity index (χ3v) is 4.76. The fraction of sp³-hybridized carbons (Fsp3) is 0.529. The summed E-state index contributed by atoms with van der Waals surface area (Å²) in [6, 6.07) is 8.05. The van der Waals surface area contributed by atoms with Crippen LogP contribution < -0.4 is 4.90 Å². The minimum Gasteiger partial charge on any atom is -0.469 e. The van der Waals surface area contributed by atoms with E-state index in [4.69, 9.17) is 4.74 Å². The van der Waals surface area contributed by atoms with E-state index >= 15 is 0 Å². The van der Waals surface area contributed by atoms with Gasteiger partial charge in [0.2, 0.25) is 5.91 Å². The highest BCUT2D eigenvalue weighted by Crippen LogP contribution is 2.41. The largest absolute Gasteiger partial charge is 0.469 e. The Labute approximate surface area is 130 Å². The number of benzene rings is 1. The van der Waals surface area contributed by atoms with Crippen molar-refractivity contribution in [3.05, 3.63) is 29.8 Å². The first-order chi connectivity index (χ1) is 10.6. The molecule has 1 aromatic carbocycles. The summed E-state index contributed by atoms with van der Waals surface area (Å²) < 4.78 is 4.75. The molecule has 22 heavy (non-hydrogen) atoms. The van der Waals surface area contributed by atoms with Crippen molar-refractivity contribution >= 4 is 17.6 Å². The molecular weight excluding hydrogens is 280 g/mol. The number of para-hydroxylation sites is 1. The lowest BCUT2D eigenvalue weighted by Gasteiger charge is -2.35. The highest BCUT2D eigenvalue weighted by Gasteiger charge is 2.42. The van der Waals surface area contributed by atoms with Crippen LogP contribution in [0.5, 0.6) is 0 Å². The monoisotopic (exact) mass is 302 g/mol. The van der Waals surface area contributed by atoms with Crippen LogP contribution in [0.2, 0.25) is 0 Å². The zero-order valence-corrected chi connectivity index (χ0v) is 13.1. The van der Waals surface area contributed by atoms with Crippen LogP contribution in [-0.2, 0) is 14.3 Å². The third-order valence-electron chi connectivity index (χ3n) is 4.76. The first-order valence-corrected chi connectivity index (χ1v) is 7.79. The number of likely N-dealkylation sites (tertiary alicyclic amines) is 1. The van der Waals surface area contributed by atoms with E-state index < -0.39 is 5.92 Å². The molecular formula is C17H22N2O3. The maximum Gasteiger partial charge on any atom is 0.306 e. The van der Waals surface area contributed by atoms with Crippen LogP contribution in [0, 0.1) is 0 Å². The van der Waals surface area contributed by atoms with Crippen LogP contribution in [0.4, 0.5) is 5.69 Å². The molecule has 5 heteroatoms. The lowest BCUT2D eigenvalue weighted by atomic mass is 9.97. The topological polar surface area (TPSA) is 49.9 Å². The molecule has 2 aliphatic rings. The Hall–Kier alpha value is -1.88. The summed E-state index contributed by atoms with van der Waals surface area (Å²) in [5, 5.41) is 0. The van der Waals surface area contributed by atoms with Crippen molar-refractivity contribution in [1.29, 1.82) is 0 Å². The summed E-state index contributed by atoms with van der Waals surface area (Å²) in [6.07, 6.45) is 2.07. The Morgan fingerprint density at radius 2 is 1.95 bits per heavy atom. The van der Waals surface area contributed by atoms with Gasteiger partial charge in [-0.3, -0.25) is 9.59 Å². The third kappa shape index (κ3) is 2.61. The number of esters is 1. The molecule has 0 aliphatic carbocycles. The molecule has 1 atom stereocenters.